The van der Waals surface area contributed by atoms with Crippen LogP contribution in [-0.4, -0.2) is 58.1 Å². The number of amides is 1. The molecule has 152 valence electrons. The summed E-state index contributed by atoms with van der Waals surface area (Å²) in [6, 6.07) is 10.3. The van der Waals surface area contributed by atoms with Crippen molar-refractivity contribution in [2.75, 3.05) is 42.9 Å². The number of fused-ring (bicyclic) bond motifs is 1. The molecule has 0 bridgehead atoms. The summed E-state index contributed by atoms with van der Waals surface area (Å²) in [5.41, 5.74) is 0.386. The van der Waals surface area contributed by atoms with Gasteiger partial charge in [0.25, 0.3) is 0 Å². The normalized spacial score (nSPS) is 15.6. The lowest BCUT2D eigenvalue weighted by molar-refractivity contribution is -0.137. The van der Waals surface area contributed by atoms with E-state index in [1.54, 1.807) is 6.33 Å². The average Bonchev–Trinajstić information content (AvgIpc) is 3.17. The van der Waals surface area contributed by atoms with Crippen molar-refractivity contribution in [3.63, 3.8) is 0 Å². The Balaban J connectivity index is 1.30. The number of nitrogens with zero attached hydrogens (tertiary/aromatic N) is 5. The number of hydrogen-bond acceptors (Lipinski definition) is 5. The van der Waals surface area contributed by atoms with Crippen LogP contribution in [0.2, 0.25) is 0 Å². The van der Waals surface area contributed by atoms with Crippen molar-refractivity contribution in [1.29, 1.82) is 0 Å². The molecule has 3 aromatic rings. The number of piperazine rings is 1. The van der Waals surface area contributed by atoms with Crippen LogP contribution in [-0.2, 0) is 11.0 Å². The van der Waals surface area contributed by atoms with Crippen molar-refractivity contribution in [2.45, 2.75) is 6.18 Å². The van der Waals surface area contributed by atoms with E-state index in [1.807, 2.05) is 27.5 Å². The molecule has 29 heavy (non-hydrogen) atoms. The van der Waals surface area contributed by atoms with Gasteiger partial charge >= 0.3 is 6.18 Å². The second-order valence-electron chi connectivity index (χ2n) is 6.83. The lowest BCUT2D eigenvalue weighted by Gasteiger charge is -2.35. The highest BCUT2D eigenvalue weighted by Gasteiger charge is 2.30. The van der Waals surface area contributed by atoms with Gasteiger partial charge in [-0.3, -0.25) is 14.1 Å². The van der Waals surface area contributed by atoms with E-state index in [0.717, 1.165) is 36.7 Å². The lowest BCUT2D eigenvalue weighted by Crippen LogP contribution is -2.49. The van der Waals surface area contributed by atoms with E-state index >= 15 is 0 Å². The summed E-state index contributed by atoms with van der Waals surface area (Å²) in [7, 11) is 0. The van der Waals surface area contributed by atoms with E-state index in [2.05, 4.69) is 20.4 Å². The van der Waals surface area contributed by atoms with E-state index < -0.39 is 11.7 Å². The molecule has 1 fully saturated rings. The molecule has 2 aromatic heterocycles. The maximum Gasteiger partial charge on any atom is 0.416 e. The fraction of sp³-hybridized carbons (Fsp3) is 0.316. The molecule has 0 atom stereocenters. The van der Waals surface area contributed by atoms with Gasteiger partial charge in [0.15, 0.2) is 5.65 Å². The average molecular weight is 404 g/mol. The summed E-state index contributed by atoms with van der Waals surface area (Å²) >= 11 is 0. The Kier molecular flexibility index (Phi) is 5.10. The summed E-state index contributed by atoms with van der Waals surface area (Å²) in [6.45, 7) is 3.05. The molecule has 1 aliphatic rings. The zero-order chi connectivity index (χ0) is 20.4. The standard InChI is InChI=1S/C19H19F3N6O/c20-19(21,22)14-4-6-15(7-5-14)24-17(29)12-26-8-10-27(11-9-26)18-3-1-2-16-25-23-13-28(16)18/h1-7,13H,8-12H2,(H,24,29). The van der Waals surface area contributed by atoms with Crippen LogP contribution < -0.4 is 10.2 Å². The summed E-state index contributed by atoms with van der Waals surface area (Å²) in [5, 5.41) is 10.6. The van der Waals surface area contributed by atoms with Gasteiger partial charge in [0.05, 0.1) is 12.1 Å². The predicted octanol–water partition coefficient (Wildman–Crippen LogP) is 2.51. The first kappa shape index (κ1) is 19.2. The summed E-state index contributed by atoms with van der Waals surface area (Å²) in [4.78, 5) is 16.5. The first-order valence-electron chi connectivity index (χ1n) is 9.13. The van der Waals surface area contributed by atoms with Crippen LogP contribution in [0.1, 0.15) is 5.56 Å². The molecule has 1 saturated heterocycles. The smallest absolute Gasteiger partial charge is 0.355 e. The first-order valence-corrected chi connectivity index (χ1v) is 9.13. The Morgan fingerprint density at radius 1 is 1.03 bits per heavy atom. The summed E-state index contributed by atoms with van der Waals surface area (Å²) in [5.74, 6) is 0.750. The number of rotatable bonds is 4. The topological polar surface area (TPSA) is 65.8 Å². The van der Waals surface area contributed by atoms with Crippen LogP contribution in [0, 0.1) is 0 Å². The third-order valence-corrected chi connectivity index (χ3v) is 4.87. The van der Waals surface area contributed by atoms with E-state index in [1.165, 1.54) is 12.1 Å². The minimum atomic E-state index is -4.39. The Morgan fingerprint density at radius 3 is 2.45 bits per heavy atom. The molecule has 3 heterocycles. The van der Waals surface area contributed by atoms with Crippen molar-refractivity contribution in [3.8, 4) is 0 Å². The van der Waals surface area contributed by atoms with Crippen molar-refractivity contribution in [1.82, 2.24) is 19.5 Å². The number of alkyl halides is 3. The Hall–Kier alpha value is -3.14. The SMILES string of the molecule is O=C(CN1CCN(c2cccc3nncn23)CC1)Nc1ccc(C(F)(F)F)cc1. The molecule has 1 N–H and O–H groups in total. The van der Waals surface area contributed by atoms with Crippen LogP contribution in [0.3, 0.4) is 0 Å². The largest absolute Gasteiger partial charge is 0.416 e. The second-order valence-corrected chi connectivity index (χ2v) is 6.83. The molecule has 7 nitrogen and oxygen atoms in total. The monoisotopic (exact) mass is 404 g/mol. The minimum Gasteiger partial charge on any atom is -0.355 e. The zero-order valence-corrected chi connectivity index (χ0v) is 15.4. The Bertz CT molecular complexity index is 993. The molecule has 10 heteroatoms. The zero-order valence-electron chi connectivity index (χ0n) is 15.4. The van der Waals surface area contributed by atoms with Gasteiger partial charge in [0.1, 0.15) is 12.1 Å². The fourth-order valence-electron chi connectivity index (χ4n) is 3.37. The maximum absolute atomic E-state index is 12.6. The molecular weight excluding hydrogens is 385 g/mol. The van der Waals surface area contributed by atoms with Crippen LogP contribution in [0.4, 0.5) is 24.7 Å². The molecule has 4 rings (SSSR count). The highest BCUT2D eigenvalue weighted by Crippen LogP contribution is 2.29. The molecule has 0 aliphatic carbocycles. The number of halogens is 3. The fourth-order valence-corrected chi connectivity index (χ4v) is 3.37. The third kappa shape index (κ3) is 4.32. The van der Waals surface area contributed by atoms with Gasteiger partial charge in [0.2, 0.25) is 5.91 Å². The van der Waals surface area contributed by atoms with Crippen molar-refractivity contribution in [3.05, 3.63) is 54.4 Å². The molecular formula is C19H19F3N6O. The highest BCUT2D eigenvalue weighted by molar-refractivity contribution is 5.92. The van der Waals surface area contributed by atoms with Gasteiger partial charge in [-0.05, 0) is 36.4 Å². The third-order valence-electron chi connectivity index (χ3n) is 4.87. The quantitative estimate of drug-likeness (QED) is 0.724. The van der Waals surface area contributed by atoms with Crippen molar-refractivity contribution >= 4 is 23.1 Å². The van der Waals surface area contributed by atoms with Gasteiger partial charge in [0, 0.05) is 31.9 Å². The number of hydrogen-bond donors (Lipinski definition) is 1. The van der Waals surface area contributed by atoms with Crippen molar-refractivity contribution in [2.24, 2.45) is 0 Å². The predicted molar refractivity (Wildman–Crippen MR) is 102 cm³/mol. The molecule has 0 radical (unpaired) electrons. The van der Waals surface area contributed by atoms with Crippen molar-refractivity contribution < 1.29 is 18.0 Å². The van der Waals surface area contributed by atoms with E-state index in [-0.39, 0.29) is 12.5 Å². The van der Waals surface area contributed by atoms with Gasteiger partial charge in [-0.25, -0.2) is 0 Å². The number of anilines is 2. The molecule has 1 amide bonds. The van der Waals surface area contributed by atoms with Crippen LogP contribution in [0.25, 0.3) is 5.65 Å². The number of nitrogens with one attached hydrogen (secondary N) is 1. The van der Waals surface area contributed by atoms with E-state index in [0.29, 0.717) is 18.8 Å². The van der Waals surface area contributed by atoms with Crippen LogP contribution >= 0.6 is 0 Å². The number of aromatic nitrogens is 3. The second kappa shape index (κ2) is 7.70. The van der Waals surface area contributed by atoms with Gasteiger partial charge in [-0.1, -0.05) is 6.07 Å². The summed E-state index contributed by atoms with van der Waals surface area (Å²) < 4.78 is 39.7. The number of pyridine rings is 1. The van der Waals surface area contributed by atoms with Crippen LogP contribution in [0.15, 0.2) is 48.8 Å². The molecule has 0 saturated carbocycles. The van der Waals surface area contributed by atoms with E-state index in [9.17, 15) is 18.0 Å². The number of carbonyl (C=O) groups is 1. The first-order chi connectivity index (χ1) is 13.9. The Morgan fingerprint density at radius 2 is 1.76 bits per heavy atom. The lowest BCUT2D eigenvalue weighted by atomic mass is 10.2. The highest BCUT2D eigenvalue weighted by atomic mass is 19.4. The maximum atomic E-state index is 12.6. The molecule has 1 aliphatic heterocycles. The van der Waals surface area contributed by atoms with Gasteiger partial charge < -0.3 is 10.2 Å². The molecule has 0 unspecified atom stereocenters. The van der Waals surface area contributed by atoms with Crippen LogP contribution in [0.5, 0.6) is 0 Å². The van der Waals surface area contributed by atoms with E-state index in [4.69, 9.17) is 0 Å². The Labute approximate surface area is 164 Å². The number of carbonyl (C=O) groups excluding carboxylic acids is 1. The molecule has 0 spiro atoms. The number of benzene rings is 1. The van der Waals surface area contributed by atoms with Gasteiger partial charge in [-0.2, -0.15) is 13.2 Å². The summed E-state index contributed by atoms with van der Waals surface area (Å²) in [6.07, 6.45) is -2.71. The minimum absolute atomic E-state index is 0.186. The van der Waals surface area contributed by atoms with Gasteiger partial charge in [-0.15, -0.1) is 10.2 Å². The molecule has 1 aromatic carbocycles.